The van der Waals surface area contributed by atoms with E-state index >= 15 is 0 Å². The predicted molar refractivity (Wildman–Crippen MR) is 103 cm³/mol. The van der Waals surface area contributed by atoms with Crippen molar-refractivity contribution >= 4 is 11.8 Å². The molecule has 0 radical (unpaired) electrons. The maximum Gasteiger partial charge on any atom is 2.00 e. The maximum absolute atomic E-state index is 4.94. The molecule has 1 aromatic carbocycles. The smallest absolute Gasteiger partial charge is 0.578 e. The van der Waals surface area contributed by atoms with Crippen molar-refractivity contribution in [1.82, 2.24) is 0 Å². The summed E-state index contributed by atoms with van der Waals surface area (Å²) in [5, 5.41) is 0. The van der Waals surface area contributed by atoms with Crippen LogP contribution in [0.4, 0.5) is 0 Å². The van der Waals surface area contributed by atoms with Crippen LogP contribution in [0.15, 0.2) is 40.6 Å². The molecule has 0 unspecified atom stereocenters. The van der Waals surface area contributed by atoms with Gasteiger partial charge in [-0.05, 0) is 30.4 Å². The topological polar surface area (TPSA) is 9.23 Å². The Balaban J connectivity index is -0.000000307. The fourth-order valence-corrected chi connectivity index (χ4v) is 2.25. The molecule has 0 saturated heterocycles. The van der Waals surface area contributed by atoms with E-state index in [-0.39, 0.29) is 31.1 Å². The first-order valence-electron chi connectivity index (χ1n) is 8.23. The van der Waals surface area contributed by atoms with Crippen molar-refractivity contribution in [3.8, 4) is 0 Å². The Hall–Kier alpha value is 0.322. The molecule has 23 heavy (non-hydrogen) atoms. The Labute approximate surface area is 173 Å². The number of benzene rings is 1. The molecule has 0 spiro atoms. The Kier molecular flexibility index (Phi) is 27.3. The third-order valence-electron chi connectivity index (χ3n) is 2.54. The SMILES string of the molecule is C=C(C)Sc1ccccc1C.CC.[CH2-]CO[CH-]CCCCC.[U+2]. The minimum absolute atomic E-state index is 0. The van der Waals surface area contributed by atoms with Gasteiger partial charge in [-0.1, -0.05) is 76.6 Å². The molecule has 0 bridgehead atoms. The third-order valence-corrected chi connectivity index (χ3v) is 3.57. The number of ether oxygens (including phenoxy) is 1. The molecular formula is C20H34OSU. The second-order valence-electron chi connectivity index (χ2n) is 4.60. The zero-order valence-corrected chi connectivity index (χ0v) is 20.6. The standard InChI is InChI=1S/C10H12S.C8H16O.C2H6.U/c1-8(2)11-10-7-5-4-6-9(10)3;1-3-5-6-7-8-9-4-2;1-2;/h4-7H,1H2,2-3H3;8H,2-7H2,1H3;1-2H3;/q;-2;;+2. The molecular weight excluding hydrogens is 526 g/mol. The van der Waals surface area contributed by atoms with E-state index in [1.807, 2.05) is 27.4 Å². The number of rotatable bonds is 8. The van der Waals surface area contributed by atoms with Gasteiger partial charge in [-0.3, -0.25) is 0 Å². The summed E-state index contributed by atoms with van der Waals surface area (Å²) >= 11 is 1.73. The molecule has 0 N–H and O–H groups in total. The predicted octanol–water partition coefficient (Wildman–Crippen LogP) is 7.23. The van der Waals surface area contributed by atoms with Gasteiger partial charge in [0.25, 0.3) is 0 Å². The van der Waals surface area contributed by atoms with Crippen molar-refractivity contribution in [2.75, 3.05) is 6.61 Å². The fraction of sp³-hybridized carbons (Fsp3) is 0.500. The third kappa shape index (κ3) is 20.3. The molecule has 130 valence electrons. The van der Waals surface area contributed by atoms with Crippen LogP contribution in [0, 0.1) is 51.6 Å². The number of thioether (sulfide) groups is 1. The second kappa shape index (κ2) is 22.3. The van der Waals surface area contributed by atoms with Gasteiger partial charge < -0.3 is 11.7 Å². The molecule has 0 aliphatic rings. The zero-order valence-electron chi connectivity index (χ0n) is 15.7. The van der Waals surface area contributed by atoms with Crippen LogP contribution < -0.4 is 0 Å². The Bertz CT molecular complexity index is 360. The number of unbranched alkanes of at least 4 members (excludes halogenated alkanes) is 3. The van der Waals surface area contributed by atoms with Gasteiger partial charge in [-0.15, -0.1) is 6.61 Å². The van der Waals surface area contributed by atoms with E-state index in [4.69, 9.17) is 4.74 Å². The minimum atomic E-state index is 0. The summed E-state index contributed by atoms with van der Waals surface area (Å²) in [5.74, 6) is 0. The van der Waals surface area contributed by atoms with E-state index in [0.717, 1.165) is 11.3 Å². The molecule has 0 fully saturated rings. The Morgan fingerprint density at radius 3 is 2.35 bits per heavy atom. The molecule has 0 atom stereocenters. The van der Waals surface area contributed by atoms with Gasteiger partial charge in [-0.2, -0.15) is 6.42 Å². The summed E-state index contributed by atoms with van der Waals surface area (Å²) in [4.78, 5) is 2.44. The first-order valence-corrected chi connectivity index (χ1v) is 9.05. The minimum Gasteiger partial charge on any atom is -0.578 e. The monoisotopic (exact) mass is 560 g/mol. The van der Waals surface area contributed by atoms with Crippen LogP contribution in [0.5, 0.6) is 0 Å². The van der Waals surface area contributed by atoms with Crippen LogP contribution in [0.2, 0.25) is 0 Å². The first kappa shape index (κ1) is 28.1. The van der Waals surface area contributed by atoms with Crippen LogP contribution in [0.25, 0.3) is 0 Å². The van der Waals surface area contributed by atoms with E-state index in [1.165, 1.54) is 29.7 Å². The van der Waals surface area contributed by atoms with Crippen LogP contribution in [0.3, 0.4) is 0 Å². The van der Waals surface area contributed by atoms with Crippen molar-refractivity contribution in [2.24, 2.45) is 0 Å². The summed E-state index contributed by atoms with van der Waals surface area (Å²) in [6.45, 7) is 20.2. The van der Waals surface area contributed by atoms with Gasteiger partial charge in [0, 0.05) is 4.90 Å². The van der Waals surface area contributed by atoms with Gasteiger partial charge in [0.15, 0.2) is 0 Å². The van der Waals surface area contributed by atoms with Crippen LogP contribution >= 0.6 is 11.8 Å². The average molecular weight is 561 g/mol. The molecule has 0 aromatic heterocycles. The van der Waals surface area contributed by atoms with Gasteiger partial charge in [0.05, 0.1) is 0 Å². The summed E-state index contributed by atoms with van der Waals surface area (Å²) in [6, 6.07) is 8.34. The zero-order chi connectivity index (χ0) is 17.2. The summed E-state index contributed by atoms with van der Waals surface area (Å²) < 4.78 is 4.94. The van der Waals surface area contributed by atoms with E-state index in [0.29, 0.717) is 6.61 Å². The molecule has 0 aliphatic carbocycles. The van der Waals surface area contributed by atoms with Crippen LogP contribution in [-0.4, -0.2) is 6.61 Å². The molecule has 1 aromatic rings. The van der Waals surface area contributed by atoms with Gasteiger partial charge >= 0.3 is 31.1 Å². The Morgan fingerprint density at radius 2 is 1.87 bits per heavy atom. The van der Waals surface area contributed by atoms with E-state index in [2.05, 4.69) is 51.6 Å². The van der Waals surface area contributed by atoms with Crippen LogP contribution in [-0.2, 0) is 4.74 Å². The first-order chi connectivity index (χ1) is 10.6. The fourth-order valence-electron chi connectivity index (χ4n) is 1.50. The molecule has 0 amide bonds. The summed E-state index contributed by atoms with van der Waals surface area (Å²) in [6.07, 6.45) is 4.90. The van der Waals surface area contributed by atoms with Gasteiger partial charge in [0.2, 0.25) is 0 Å². The molecule has 1 rings (SSSR count). The van der Waals surface area contributed by atoms with Gasteiger partial charge in [-0.25, -0.2) is 6.61 Å². The van der Waals surface area contributed by atoms with Crippen LogP contribution in [0.1, 0.15) is 58.9 Å². The van der Waals surface area contributed by atoms with E-state index in [1.54, 1.807) is 11.8 Å². The normalized spacial score (nSPS) is 8.78. The van der Waals surface area contributed by atoms with Crippen molar-refractivity contribution in [3.05, 3.63) is 54.8 Å². The maximum atomic E-state index is 4.94. The van der Waals surface area contributed by atoms with Gasteiger partial charge in [0.1, 0.15) is 0 Å². The van der Waals surface area contributed by atoms with Crippen molar-refractivity contribution in [3.63, 3.8) is 0 Å². The molecule has 3 heteroatoms. The molecule has 1 nitrogen and oxygen atoms in total. The number of hydrogen-bond donors (Lipinski definition) is 0. The molecule has 0 aliphatic heterocycles. The Morgan fingerprint density at radius 1 is 1.26 bits per heavy atom. The van der Waals surface area contributed by atoms with Crippen molar-refractivity contribution in [1.29, 1.82) is 0 Å². The molecule has 0 saturated carbocycles. The largest absolute Gasteiger partial charge is 2.00 e. The summed E-state index contributed by atoms with van der Waals surface area (Å²) in [5.41, 5.74) is 1.32. The van der Waals surface area contributed by atoms with Crippen molar-refractivity contribution in [2.45, 2.75) is 65.2 Å². The number of allylic oxidation sites excluding steroid dienone is 1. The number of aryl methyl sites for hydroxylation is 1. The second-order valence-corrected chi connectivity index (χ2v) is 5.94. The van der Waals surface area contributed by atoms with E-state index in [9.17, 15) is 0 Å². The van der Waals surface area contributed by atoms with E-state index < -0.39 is 0 Å². The van der Waals surface area contributed by atoms with Crippen molar-refractivity contribution < 1.29 is 35.9 Å². The average Bonchev–Trinajstić information content (AvgIpc) is 2.52. The quantitative estimate of drug-likeness (QED) is 0.189. The molecule has 0 heterocycles. The summed E-state index contributed by atoms with van der Waals surface area (Å²) in [7, 11) is 0. The number of hydrogen-bond acceptors (Lipinski definition) is 2.